The number of likely N-dealkylation sites (N-methyl/N-ethyl adjacent to an activating group) is 1. The first kappa shape index (κ1) is 10.4. The number of nitrogens with one attached hydrogen (secondary N) is 1. The van der Waals surface area contributed by atoms with Crippen molar-refractivity contribution >= 4 is 0 Å². The van der Waals surface area contributed by atoms with Crippen LogP contribution < -0.4 is 5.32 Å². The summed E-state index contributed by atoms with van der Waals surface area (Å²) in [6, 6.07) is 0.737. The highest BCUT2D eigenvalue weighted by molar-refractivity contribution is 5.04. The van der Waals surface area contributed by atoms with E-state index in [1.165, 1.54) is 32.5 Å². The van der Waals surface area contributed by atoms with Crippen LogP contribution in [0, 0.1) is 0 Å². The molecule has 2 aliphatic heterocycles. The lowest BCUT2D eigenvalue weighted by atomic mass is 9.93. The third kappa shape index (κ3) is 1.95. The summed E-state index contributed by atoms with van der Waals surface area (Å²) in [5.41, 5.74) is 0.370. The van der Waals surface area contributed by atoms with Gasteiger partial charge in [-0.25, -0.2) is 0 Å². The summed E-state index contributed by atoms with van der Waals surface area (Å²) >= 11 is 0. The molecule has 14 heavy (non-hydrogen) atoms. The molecule has 0 aromatic carbocycles. The Labute approximate surface area is 86.8 Å². The molecule has 0 aromatic heterocycles. The maximum absolute atomic E-state index is 5.20. The van der Waals surface area contributed by atoms with E-state index < -0.39 is 0 Å². The standard InChI is InChI=1S/C11H22N2O/c1-3-13-8-10-4-5-11(9-13,12-10)6-7-14-2/h10,12H,3-9H2,1-2H3. The number of methoxy groups -OCH3 is 1. The van der Waals surface area contributed by atoms with Crippen molar-refractivity contribution in [1.29, 1.82) is 0 Å². The summed E-state index contributed by atoms with van der Waals surface area (Å²) in [6.07, 6.45) is 3.84. The van der Waals surface area contributed by atoms with Gasteiger partial charge in [-0.05, 0) is 25.8 Å². The van der Waals surface area contributed by atoms with Crippen molar-refractivity contribution in [3.63, 3.8) is 0 Å². The predicted octanol–water partition coefficient (Wildman–Crippen LogP) is 0.849. The van der Waals surface area contributed by atoms with Gasteiger partial charge >= 0.3 is 0 Å². The normalized spacial score (nSPS) is 37.7. The van der Waals surface area contributed by atoms with E-state index in [1.54, 1.807) is 7.11 Å². The number of fused-ring (bicyclic) bond motifs is 2. The summed E-state index contributed by atoms with van der Waals surface area (Å²) < 4.78 is 5.20. The van der Waals surface area contributed by atoms with Crippen molar-refractivity contribution in [2.75, 3.05) is 33.4 Å². The van der Waals surface area contributed by atoms with E-state index in [4.69, 9.17) is 4.74 Å². The smallest absolute Gasteiger partial charge is 0.0480 e. The number of ether oxygens (including phenoxy) is 1. The van der Waals surface area contributed by atoms with Gasteiger partial charge in [0, 0.05) is 38.4 Å². The van der Waals surface area contributed by atoms with Crippen LogP contribution in [0.15, 0.2) is 0 Å². The maximum Gasteiger partial charge on any atom is 0.0480 e. The molecule has 2 fully saturated rings. The van der Waals surface area contributed by atoms with E-state index in [2.05, 4.69) is 17.1 Å². The van der Waals surface area contributed by atoms with Crippen molar-refractivity contribution in [3.05, 3.63) is 0 Å². The average Bonchev–Trinajstić information content (AvgIpc) is 2.52. The van der Waals surface area contributed by atoms with Gasteiger partial charge in [0.1, 0.15) is 0 Å². The molecule has 0 aromatic rings. The summed E-state index contributed by atoms with van der Waals surface area (Å²) in [5.74, 6) is 0. The van der Waals surface area contributed by atoms with E-state index in [0.717, 1.165) is 19.1 Å². The zero-order valence-corrected chi connectivity index (χ0v) is 9.38. The number of likely N-dealkylation sites (tertiary alicyclic amines) is 1. The highest BCUT2D eigenvalue weighted by Gasteiger charge is 2.43. The number of hydrogen-bond acceptors (Lipinski definition) is 3. The van der Waals surface area contributed by atoms with Crippen molar-refractivity contribution in [3.8, 4) is 0 Å². The van der Waals surface area contributed by atoms with Gasteiger partial charge in [-0.2, -0.15) is 0 Å². The van der Waals surface area contributed by atoms with Gasteiger partial charge in [0.25, 0.3) is 0 Å². The number of hydrogen-bond donors (Lipinski definition) is 1. The summed E-state index contributed by atoms with van der Waals surface area (Å²) in [6.45, 7) is 6.79. The van der Waals surface area contributed by atoms with Gasteiger partial charge in [-0.3, -0.25) is 0 Å². The van der Waals surface area contributed by atoms with Gasteiger partial charge in [0.15, 0.2) is 0 Å². The molecule has 3 heteroatoms. The fourth-order valence-corrected chi connectivity index (χ4v) is 2.91. The molecule has 2 saturated heterocycles. The second-order valence-corrected chi connectivity index (χ2v) is 4.73. The Bertz CT molecular complexity index is 198. The SMILES string of the molecule is CCN1CC2CCC(CCOC)(C1)N2. The van der Waals surface area contributed by atoms with Crippen molar-refractivity contribution in [1.82, 2.24) is 10.2 Å². The molecular weight excluding hydrogens is 176 g/mol. The van der Waals surface area contributed by atoms with Gasteiger partial charge < -0.3 is 15.0 Å². The van der Waals surface area contributed by atoms with Crippen molar-refractivity contribution in [2.24, 2.45) is 0 Å². The molecule has 0 aliphatic carbocycles. The number of rotatable bonds is 4. The first-order chi connectivity index (χ1) is 6.78. The lowest BCUT2D eigenvalue weighted by Crippen LogP contribution is -2.59. The summed E-state index contributed by atoms with van der Waals surface area (Å²) in [4.78, 5) is 2.57. The highest BCUT2D eigenvalue weighted by atomic mass is 16.5. The molecule has 2 heterocycles. The summed E-state index contributed by atoms with van der Waals surface area (Å²) in [5, 5.41) is 3.78. The fraction of sp³-hybridized carbons (Fsp3) is 1.00. The molecule has 0 saturated carbocycles. The second-order valence-electron chi connectivity index (χ2n) is 4.73. The Kier molecular flexibility index (Phi) is 3.10. The van der Waals surface area contributed by atoms with Crippen molar-refractivity contribution < 1.29 is 4.74 Å². The Balaban J connectivity index is 1.96. The zero-order chi connectivity index (χ0) is 10.0. The third-order valence-electron chi connectivity index (χ3n) is 3.72. The topological polar surface area (TPSA) is 24.5 Å². The lowest BCUT2D eigenvalue weighted by molar-refractivity contribution is 0.102. The van der Waals surface area contributed by atoms with Crippen LogP contribution in [0.5, 0.6) is 0 Å². The van der Waals surface area contributed by atoms with Crippen LogP contribution in [0.4, 0.5) is 0 Å². The van der Waals surface area contributed by atoms with Crippen LogP contribution in [0.1, 0.15) is 26.2 Å². The zero-order valence-electron chi connectivity index (χ0n) is 9.38. The van der Waals surface area contributed by atoms with Crippen molar-refractivity contribution in [2.45, 2.75) is 37.8 Å². The van der Waals surface area contributed by atoms with Crippen LogP contribution in [-0.4, -0.2) is 49.8 Å². The van der Waals surface area contributed by atoms with E-state index in [1.807, 2.05) is 0 Å². The van der Waals surface area contributed by atoms with E-state index in [9.17, 15) is 0 Å². The Hall–Kier alpha value is -0.120. The van der Waals surface area contributed by atoms with Crippen LogP contribution >= 0.6 is 0 Å². The average molecular weight is 198 g/mol. The second kappa shape index (κ2) is 4.17. The lowest BCUT2D eigenvalue weighted by Gasteiger charge is -2.41. The number of nitrogens with zero attached hydrogens (tertiary/aromatic N) is 1. The van der Waals surface area contributed by atoms with Crippen LogP contribution in [0.3, 0.4) is 0 Å². The maximum atomic E-state index is 5.20. The first-order valence-electron chi connectivity index (χ1n) is 5.77. The minimum absolute atomic E-state index is 0.370. The molecule has 2 unspecified atom stereocenters. The Morgan fingerprint density at radius 2 is 2.43 bits per heavy atom. The van der Waals surface area contributed by atoms with E-state index >= 15 is 0 Å². The third-order valence-corrected chi connectivity index (χ3v) is 3.72. The molecule has 3 nitrogen and oxygen atoms in total. The van der Waals surface area contributed by atoms with E-state index in [0.29, 0.717) is 5.54 Å². The molecule has 0 amide bonds. The molecule has 0 spiro atoms. The monoisotopic (exact) mass is 198 g/mol. The molecule has 2 atom stereocenters. The van der Waals surface area contributed by atoms with Gasteiger partial charge in [0.05, 0.1) is 0 Å². The molecule has 1 N–H and O–H groups in total. The molecular formula is C11H22N2O. The summed E-state index contributed by atoms with van der Waals surface area (Å²) in [7, 11) is 1.80. The van der Waals surface area contributed by atoms with E-state index in [-0.39, 0.29) is 0 Å². The fourth-order valence-electron chi connectivity index (χ4n) is 2.91. The highest BCUT2D eigenvalue weighted by Crippen LogP contribution is 2.32. The Morgan fingerprint density at radius 1 is 1.57 bits per heavy atom. The minimum atomic E-state index is 0.370. The van der Waals surface area contributed by atoms with Gasteiger partial charge in [0.2, 0.25) is 0 Å². The number of piperazine rings is 1. The Morgan fingerprint density at radius 3 is 3.14 bits per heavy atom. The van der Waals surface area contributed by atoms with Gasteiger partial charge in [-0.15, -0.1) is 0 Å². The van der Waals surface area contributed by atoms with Crippen LogP contribution in [0.25, 0.3) is 0 Å². The molecule has 0 radical (unpaired) electrons. The van der Waals surface area contributed by atoms with Crippen LogP contribution in [0.2, 0.25) is 0 Å². The first-order valence-corrected chi connectivity index (χ1v) is 5.77. The largest absolute Gasteiger partial charge is 0.385 e. The molecule has 2 aliphatic rings. The molecule has 2 bridgehead atoms. The van der Waals surface area contributed by atoms with Crippen LogP contribution in [-0.2, 0) is 4.74 Å². The molecule has 2 rings (SSSR count). The van der Waals surface area contributed by atoms with Gasteiger partial charge in [-0.1, -0.05) is 6.92 Å². The molecule has 82 valence electrons. The quantitative estimate of drug-likeness (QED) is 0.725. The predicted molar refractivity (Wildman–Crippen MR) is 57.5 cm³/mol. The minimum Gasteiger partial charge on any atom is -0.385 e.